The molecule has 2 atom stereocenters. The van der Waals surface area contributed by atoms with Gasteiger partial charge in [0.05, 0.1) is 0 Å². The maximum absolute atomic E-state index is 11.6. The van der Waals surface area contributed by atoms with Crippen molar-refractivity contribution < 1.29 is 4.79 Å². The van der Waals surface area contributed by atoms with Crippen LogP contribution in [-0.4, -0.2) is 36.6 Å². The average molecular weight is 199 g/mol. The SMILES string of the molecule is CCNC(=O)N1CC(CN)CCC1C. The standard InChI is InChI=1S/C10H21N3O/c1-3-12-10(14)13-7-9(6-11)5-4-8(13)2/h8-9H,3-7,11H2,1-2H3,(H,12,14). The number of piperidine rings is 1. The Hall–Kier alpha value is -0.770. The van der Waals surface area contributed by atoms with E-state index < -0.39 is 0 Å². The summed E-state index contributed by atoms with van der Waals surface area (Å²) in [4.78, 5) is 13.6. The Morgan fingerprint density at radius 1 is 1.57 bits per heavy atom. The fourth-order valence-electron chi connectivity index (χ4n) is 1.91. The Morgan fingerprint density at radius 3 is 2.86 bits per heavy atom. The number of carbonyl (C=O) groups excluding carboxylic acids is 1. The summed E-state index contributed by atoms with van der Waals surface area (Å²) in [6.45, 7) is 6.22. The van der Waals surface area contributed by atoms with E-state index in [1.165, 1.54) is 0 Å². The third-order valence-electron chi connectivity index (χ3n) is 2.90. The van der Waals surface area contributed by atoms with Gasteiger partial charge >= 0.3 is 6.03 Å². The maximum Gasteiger partial charge on any atom is 0.317 e. The highest BCUT2D eigenvalue weighted by atomic mass is 16.2. The fourth-order valence-corrected chi connectivity index (χ4v) is 1.91. The Balaban J connectivity index is 2.51. The molecule has 0 aliphatic carbocycles. The minimum absolute atomic E-state index is 0.0538. The predicted molar refractivity (Wildman–Crippen MR) is 57.0 cm³/mol. The second-order valence-corrected chi connectivity index (χ2v) is 4.02. The van der Waals surface area contributed by atoms with Crippen molar-refractivity contribution in [3.8, 4) is 0 Å². The van der Waals surface area contributed by atoms with Crippen molar-refractivity contribution in [3.05, 3.63) is 0 Å². The van der Waals surface area contributed by atoms with E-state index in [0.29, 0.717) is 25.0 Å². The van der Waals surface area contributed by atoms with Gasteiger partial charge in [-0.05, 0) is 39.2 Å². The van der Waals surface area contributed by atoms with Crippen LogP contribution in [0, 0.1) is 5.92 Å². The molecule has 0 aromatic rings. The molecule has 0 bridgehead atoms. The number of amides is 2. The van der Waals surface area contributed by atoms with Crippen LogP contribution in [0.2, 0.25) is 0 Å². The van der Waals surface area contributed by atoms with Crippen LogP contribution in [0.15, 0.2) is 0 Å². The smallest absolute Gasteiger partial charge is 0.317 e. The van der Waals surface area contributed by atoms with E-state index in [-0.39, 0.29) is 6.03 Å². The van der Waals surface area contributed by atoms with E-state index >= 15 is 0 Å². The zero-order chi connectivity index (χ0) is 10.6. The molecule has 2 amide bonds. The van der Waals surface area contributed by atoms with Crippen molar-refractivity contribution >= 4 is 6.03 Å². The van der Waals surface area contributed by atoms with Gasteiger partial charge in [0.25, 0.3) is 0 Å². The second kappa shape index (κ2) is 5.20. The molecule has 3 N–H and O–H groups in total. The Morgan fingerprint density at radius 2 is 2.29 bits per heavy atom. The highest BCUT2D eigenvalue weighted by molar-refractivity contribution is 5.74. The molecule has 0 spiro atoms. The van der Waals surface area contributed by atoms with Crippen molar-refractivity contribution in [2.45, 2.75) is 32.7 Å². The van der Waals surface area contributed by atoms with Gasteiger partial charge in [0.15, 0.2) is 0 Å². The van der Waals surface area contributed by atoms with E-state index in [1.807, 2.05) is 11.8 Å². The number of hydrogen-bond acceptors (Lipinski definition) is 2. The summed E-state index contributed by atoms with van der Waals surface area (Å²) in [5.74, 6) is 0.480. The second-order valence-electron chi connectivity index (χ2n) is 4.02. The van der Waals surface area contributed by atoms with Crippen molar-refractivity contribution in [2.24, 2.45) is 11.7 Å². The molecule has 1 rings (SSSR count). The van der Waals surface area contributed by atoms with Crippen LogP contribution in [0.1, 0.15) is 26.7 Å². The van der Waals surface area contributed by atoms with Gasteiger partial charge in [-0.1, -0.05) is 0 Å². The largest absolute Gasteiger partial charge is 0.338 e. The van der Waals surface area contributed by atoms with Crippen molar-refractivity contribution in [3.63, 3.8) is 0 Å². The number of nitrogens with zero attached hydrogens (tertiary/aromatic N) is 1. The maximum atomic E-state index is 11.6. The van der Waals surface area contributed by atoms with Crippen molar-refractivity contribution in [2.75, 3.05) is 19.6 Å². The summed E-state index contributed by atoms with van der Waals surface area (Å²) in [5.41, 5.74) is 5.63. The Labute approximate surface area is 85.8 Å². The molecule has 0 saturated carbocycles. The van der Waals surface area contributed by atoms with Crippen LogP contribution in [0.25, 0.3) is 0 Å². The highest BCUT2D eigenvalue weighted by Crippen LogP contribution is 2.20. The Kier molecular flexibility index (Phi) is 4.20. The molecule has 14 heavy (non-hydrogen) atoms. The van der Waals surface area contributed by atoms with E-state index in [4.69, 9.17) is 5.73 Å². The molecule has 1 fully saturated rings. The van der Waals surface area contributed by atoms with Crippen LogP contribution < -0.4 is 11.1 Å². The van der Waals surface area contributed by atoms with Gasteiger partial charge in [0.1, 0.15) is 0 Å². The van der Waals surface area contributed by atoms with E-state index in [2.05, 4.69) is 12.2 Å². The number of nitrogens with two attached hydrogens (primary N) is 1. The lowest BCUT2D eigenvalue weighted by atomic mass is 9.94. The first kappa shape index (κ1) is 11.3. The number of rotatable bonds is 2. The number of nitrogens with one attached hydrogen (secondary N) is 1. The molecular weight excluding hydrogens is 178 g/mol. The normalized spacial score (nSPS) is 27.5. The van der Waals surface area contributed by atoms with Crippen LogP contribution in [0.4, 0.5) is 4.79 Å². The zero-order valence-corrected chi connectivity index (χ0v) is 9.12. The molecule has 82 valence electrons. The summed E-state index contributed by atoms with van der Waals surface area (Å²) >= 11 is 0. The van der Waals surface area contributed by atoms with Crippen LogP contribution >= 0.6 is 0 Å². The predicted octanol–water partition coefficient (Wildman–Crippen LogP) is 0.775. The molecule has 4 nitrogen and oxygen atoms in total. The van der Waals surface area contributed by atoms with Gasteiger partial charge in [-0.25, -0.2) is 4.79 Å². The third-order valence-corrected chi connectivity index (χ3v) is 2.90. The summed E-state index contributed by atoms with van der Waals surface area (Å²) in [6, 6.07) is 0.405. The summed E-state index contributed by atoms with van der Waals surface area (Å²) in [5, 5.41) is 2.84. The van der Waals surface area contributed by atoms with E-state index in [9.17, 15) is 4.79 Å². The number of carbonyl (C=O) groups is 1. The molecule has 1 aliphatic heterocycles. The minimum atomic E-state index is 0.0538. The van der Waals surface area contributed by atoms with Crippen molar-refractivity contribution in [1.82, 2.24) is 10.2 Å². The average Bonchev–Trinajstić information content (AvgIpc) is 2.19. The molecule has 0 aromatic carbocycles. The van der Waals surface area contributed by atoms with Gasteiger partial charge < -0.3 is 16.0 Å². The number of hydrogen-bond donors (Lipinski definition) is 2. The highest BCUT2D eigenvalue weighted by Gasteiger charge is 2.27. The monoisotopic (exact) mass is 199 g/mol. The first-order valence-electron chi connectivity index (χ1n) is 5.43. The first-order chi connectivity index (χ1) is 6.69. The lowest BCUT2D eigenvalue weighted by Gasteiger charge is -2.37. The summed E-state index contributed by atoms with van der Waals surface area (Å²) in [6.07, 6.45) is 2.21. The zero-order valence-electron chi connectivity index (χ0n) is 9.12. The molecule has 4 heteroatoms. The third kappa shape index (κ3) is 2.61. The van der Waals surface area contributed by atoms with Crippen molar-refractivity contribution in [1.29, 1.82) is 0 Å². The molecule has 1 aliphatic rings. The lowest BCUT2D eigenvalue weighted by Crippen LogP contribution is -2.51. The summed E-state index contributed by atoms with van der Waals surface area (Å²) < 4.78 is 0. The van der Waals surface area contributed by atoms with Crippen LogP contribution in [0.3, 0.4) is 0 Å². The van der Waals surface area contributed by atoms with E-state index in [1.54, 1.807) is 0 Å². The minimum Gasteiger partial charge on any atom is -0.338 e. The molecule has 0 radical (unpaired) electrons. The molecule has 2 unspecified atom stereocenters. The van der Waals surface area contributed by atoms with Gasteiger partial charge in [-0.15, -0.1) is 0 Å². The van der Waals surface area contributed by atoms with Gasteiger partial charge in [-0.2, -0.15) is 0 Å². The van der Waals surface area contributed by atoms with Crippen LogP contribution in [0.5, 0.6) is 0 Å². The fraction of sp³-hybridized carbons (Fsp3) is 0.900. The molecule has 1 heterocycles. The van der Waals surface area contributed by atoms with E-state index in [0.717, 1.165) is 19.4 Å². The quantitative estimate of drug-likeness (QED) is 0.690. The van der Waals surface area contributed by atoms with Gasteiger partial charge in [-0.3, -0.25) is 0 Å². The molecule has 0 aromatic heterocycles. The van der Waals surface area contributed by atoms with Crippen LogP contribution in [-0.2, 0) is 0 Å². The molecular formula is C10H21N3O. The first-order valence-corrected chi connectivity index (χ1v) is 5.43. The number of urea groups is 1. The van der Waals surface area contributed by atoms with Gasteiger partial charge in [0, 0.05) is 19.1 Å². The topological polar surface area (TPSA) is 58.4 Å². The lowest BCUT2D eigenvalue weighted by molar-refractivity contribution is 0.134. The molecule has 1 saturated heterocycles. The summed E-state index contributed by atoms with van der Waals surface area (Å²) in [7, 11) is 0. The number of likely N-dealkylation sites (tertiary alicyclic amines) is 1. The van der Waals surface area contributed by atoms with Gasteiger partial charge in [0.2, 0.25) is 0 Å². The Bertz CT molecular complexity index is 196.